The number of allylic oxidation sites excluding steroid dienone is 1. The third kappa shape index (κ3) is 5.13. The van der Waals surface area contributed by atoms with E-state index in [4.69, 9.17) is 11.1 Å². The van der Waals surface area contributed by atoms with Crippen molar-refractivity contribution in [2.45, 2.75) is 17.0 Å². The molecule has 160 valence electrons. The van der Waals surface area contributed by atoms with Gasteiger partial charge in [-0.05, 0) is 73.3 Å². The Morgan fingerprint density at radius 1 is 1.06 bits per heavy atom. The molecule has 2 aromatic heterocycles. The second kappa shape index (κ2) is 9.36. The first-order chi connectivity index (χ1) is 15.5. The molecule has 32 heavy (non-hydrogen) atoms. The quantitative estimate of drug-likeness (QED) is 0.259. The Balaban J connectivity index is 1.50. The number of benzene rings is 2. The number of aromatic nitrogens is 3. The molecule has 0 unspecified atom stereocenters. The molecule has 0 spiro atoms. The van der Waals surface area contributed by atoms with Crippen LogP contribution in [0.1, 0.15) is 17.3 Å². The summed E-state index contributed by atoms with van der Waals surface area (Å²) < 4.78 is 1.71. The molecule has 2 heterocycles. The molecule has 0 atom stereocenters. The summed E-state index contributed by atoms with van der Waals surface area (Å²) in [5.74, 6) is 0.496. The number of nitrogens with one attached hydrogen (secondary N) is 3. The maximum absolute atomic E-state index is 12.3. The molecule has 1 amide bonds. The summed E-state index contributed by atoms with van der Waals surface area (Å²) in [6.45, 7) is 1.72. The second-order valence-electron chi connectivity index (χ2n) is 6.95. The fourth-order valence-electron chi connectivity index (χ4n) is 2.95. The van der Waals surface area contributed by atoms with Gasteiger partial charge in [0.15, 0.2) is 5.82 Å². The lowest BCUT2D eigenvalue weighted by atomic mass is 10.2. The van der Waals surface area contributed by atoms with Gasteiger partial charge in [0.2, 0.25) is 5.16 Å². The standard InChI is InChI=1S/C23H21N7OS/c1-15(24)14-20(25)27-21-19-8-5-13-30(19)29-23(28-21)32-18-11-9-17(10-12-18)26-22(31)16-6-3-2-4-7-16/h2-14H,24H2,1H3,(H,26,31)(H2,25,27,28,29)/b15-14-. The average Bonchev–Trinajstić information content (AvgIpc) is 3.24. The van der Waals surface area contributed by atoms with Crippen molar-refractivity contribution < 1.29 is 4.79 Å². The van der Waals surface area contributed by atoms with Crippen LogP contribution in [0.5, 0.6) is 0 Å². The van der Waals surface area contributed by atoms with Crippen LogP contribution in [-0.4, -0.2) is 26.3 Å². The Labute approximate surface area is 189 Å². The van der Waals surface area contributed by atoms with Crippen LogP contribution >= 0.6 is 11.8 Å². The van der Waals surface area contributed by atoms with Gasteiger partial charge in [0.05, 0.1) is 0 Å². The van der Waals surface area contributed by atoms with Gasteiger partial charge in [-0.15, -0.1) is 5.10 Å². The van der Waals surface area contributed by atoms with Crippen LogP contribution in [0.4, 0.5) is 11.5 Å². The van der Waals surface area contributed by atoms with Crippen LogP contribution in [0.3, 0.4) is 0 Å². The maximum atomic E-state index is 12.3. The zero-order chi connectivity index (χ0) is 22.5. The minimum Gasteiger partial charge on any atom is -0.402 e. The SMILES string of the molecule is C/C(N)=C/C(=N)Nc1nc(Sc2ccc(NC(=O)c3ccccc3)cc2)nn2cccc12. The van der Waals surface area contributed by atoms with Gasteiger partial charge in [-0.1, -0.05) is 18.2 Å². The van der Waals surface area contributed by atoms with Crippen molar-refractivity contribution in [3.63, 3.8) is 0 Å². The average molecular weight is 444 g/mol. The normalized spacial score (nSPS) is 11.3. The number of nitrogens with two attached hydrogens (primary N) is 1. The predicted molar refractivity (Wildman–Crippen MR) is 127 cm³/mol. The third-order valence-corrected chi connectivity index (χ3v) is 5.22. The molecule has 4 rings (SSSR count). The van der Waals surface area contributed by atoms with E-state index in [0.717, 1.165) is 10.4 Å². The van der Waals surface area contributed by atoms with Crippen LogP contribution in [0.15, 0.2) is 94.8 Å². The van der Waals surface area contributed by atoms with E-state index in [2.05, 4.69) is 20.7 Å². The summed E-state index contributed by atoms with van der Waals surface area (Å²) in [6, 6.07) is 20.2. The Hall–Kier alpha value is -4.11. The number of rotatable bonds is 6. The van der Waals surface area contributed by atoms with Crippen LogP contribution in [0, 0.1) is 5.41 Å². The Morgan fingerprint density at radius 3 is 2.53 bits per heavy atom. The van der Waals surface area contributed by atoms with Crippen molar-refractivity contribution >= 4 is 40.5 Å². The van der Waals surface area contributed by atoms with E-state index in [0.29, 0.717) is 27.9 Å². The third-order valence-electron chi connectivity index (χ3n) is 4.35. The van der Waals surface area contributed by atoms with Gasteiger partial charge in [0.1, 0.15) is 11.4 Å². The predicted octanol–water partition coefficient (Wildman–Crippen LogP) is 4.38. The Morgan fingerprint density at radius 2 is 1.81 bits per heavy atom. The van der Waals surface area contributed by atoms with Crippen molar-refractivity contribution in [1.29, 1.82) is 5.41 Å². The summed E-state index contributed by atoms with van der Waals surface area (Å²) in [7, 11) is 0. The van der Waals surface area contributed by atoms with Gasteiger partial charge in [-0.2, -0.15) is 0 Å². The first-order valence-corrected chi connectivity index (χ1v) is 10.6. The van der Waals surface area contributed by atoms with Gasteiger partial charge in [0.25, 0.3) is 5.91 Å². The van der Waals surface area contributed by atoms with Crippen LogP contribution in [0.2, 0.25) is 0 Å². The molecule has 0 bridgehead atoms. The number of hydrogen-bond acceptors (Lipinski definition) is 6. The summed E-state index contributed by atoms with van der Waals surface area (Å²) in [5, 5.41) is 18.9. The fraction of sp³-hybridized carbons (Fsp3) is 0.0435. The topological polar surface area (TPSA) is 121 Å². The summed E-state index contributed by atoms with van der Waals surface area (Å²) in [4.78, 5) is 17.8. The second-order valence-corrected chi connectivity index (χ2v) is 8.00. The molecule has 2 aromatic carbocycles. The number of amides is 1. The zero-order valence-corrected chi connectivity index (χ0v) is 18.1. The van der Waals surface area contributed by atoms with Crippen molar-refractivity contribution in [2.24, 2.45) is 5.73 Å². The largest absolute Gasteiger partial charge is 0.402 e. The van der Waals surface area contributed by atoms with E-state index in [1.165, 1.54) is 17.8 Å². The van der Waals surface area contributed by atoms with Gasteiger partial charge >= 0.3 is 0 Å². The van der Waals surface area contributed by atoms with Crippen LogP contribution in [0.25, 0.3) is 5.52 Å². The van der Waals surface area contributed by atoms with Gasteiger partial charge in [-0.25, -0.2) is 9.50 Å². The monoisotopic (exact) mass is 443 g/mol. The lowest BCUT2D eigenvalue weighted by molar-refractivity contribution is 0.102. The summed E-state index contributed by atoms with van der Waals surface area (Å²) in [5.41, 5.74) is 8.24. The van der Waals surface area contributed by atoms with Crippen LogP contribution in [-0.2, 0) is 0 Å². The van der Waals surface area contributed by atoms with E-state index >= 15 is 0 Å². The molecule has 4 aromatic rings. The number of anilines is 2. The molecular weight excluding hydrogens is 422 g/mol. The minimum atomic E-state index is -0.160. The number of fused-ring (bicyclic) bond motifs is 1. The Bertz CT molecular complexity index is 1290. The molecule has 0 saturated heterocycles. The zero-order valence-electron chi connectivity index (χ0n) is 17.2. The minimum absolute atomic E-state index is 0.140. The number of carbonyl (C=O) groups is 1. The molecular formula is C23H21N7OS. The van der Waals surface area contributed by atoms with Crippen molar-refractivity contribution in [3.8, 4) is 0 Å². The smallest absolute Gasteiger partial charge is 0.255 e. The van der Waals surface area contributed by atoms with E-state index in [1.807, 2.05) is 60.8 Å². The van der Waals surface area contributed by atoms with Gasteiger partial charge in [0, 0.05) is 28.0 Å². The molecule has 5 N–H and O–H groups in total. The lowest BCUT2D eigenvalue weighted by Gasteiger charge is -2.09. The number of amidine groups is 1. The van der Waals surface area contributed by atoms with E-state index in [1.54, 1.807) is 23.6 Å². The first kappa shape index (κ1) is 21.1. The molecule has 0 aliphatic rings. The van der Waals surface area contributed by atoms with E-state index in [-0.39, 0.29) is 11.7 Å². The highest BCUT2D eigenvalue weighted by molar-refractivity contribution is 7.99. The fourth-order valence-corrected chi connectivity index (χ4v) is 3.69. The highest BCUT2D eigenvalue weighted by atomic mass is 32.2. The number of hydrogen-bond donors (Lipinski definition) is 4. The summed E-state index contributed by atoms with van der Waals surface area (Å²) >= 11 is 1.38. The summed E-state index contributed by atoms with van der Waals surface area (Å²) in [6.07, 6.45) is 3.35. The number of nitrogens with zero attached hydrogens (tertiary/aromatic N) is 3. The van der Waals surface area contributed by atoms with Gasteiger partial charge < -0.3 is 16.4 Å². The van der Waals surface area contributed by atoms with Gasteiger partial charge in [-0.3, -0.25) is 10.2 Å². The number of carbonyl (C=O) groups excluding carboxylic acids is 1. The highest BCUT2D eigenvalue weighted by Crippen LogP contribution is 2.28. The van der Waals surface area contributed by atoms with Crippen LogP contribution < -0.4 is 16.4 Å². The lowest BCUT2D eigenvalue weighted by Crippen LogP contribution is -2.13. The molecule has 0 aliphatic carbocycles. The first-order valence-electron chi connectivity index (χ1n) is 9.77. The van der Waals surface area contributed by atoms with E-state index < -0.39 is 0 Å². The van der Waals surface area contributed by atoms with Crippen molar-refractivity contribution in [2.75, 3.05) is 10.6 Å². The molecule has 8 nitrogen and oxygen atoms in total. The molecule has 0 radical (unpaired) electrons. The van der Waals surface area contributed by atoms with E-state index in [9.17, 15) is 4.79 Å². The van der Waals surface area contributed by atoms with Crippen molar-refractivity contribution in [1.82, 2.24) is 14.6 Å². The highest BCUT2D eigenvalue weighted by Gasteiger charge is 2.11. The molecule has 0 saturated carbocycles. The van der Waals surface area contributed by atoms with Crippen molar-refractivity contribution in [3.05, 3.63) is 90.3 Å². The molecule has 9 heteroatoms. The maximum Gasteiger partial charge on any atom is 0.255 e. The molecule has 0 fully saturated rings. The Kier molecular flexibility index (Phi) is 6.18. The molecule has 0 aliphatic heterocycles.